The van der Waals surface area contributed by atoms with Crippen LogP contribution in [0.2, 0.25) is 0 Å². The number of benzene rings is 2. The Morgan fingerprint density at radius 1 is 1.11 bits per heavy atom. The summed E-state index contributed by atoms with van der Waals surface area (Å²) in [5, 5.41) is 5.83. The SMILES string of the molecule is Cc1cccc(NC(=O)N2CCC(CCNC(=O)c3ccc(F)cc3)CC2)c1. The Bertz CT molecular complexity index is 815. The van der Waals surface area contributed by atoms with Gasteiger partial charge in [0.1, 0.15) is 5.82 Å². The largest absolute Gasteiger partial charge is 0.352 e. The molecule has 0 spiro atoms. The summed E-state index contributed by atoms with van der Waals surface area (Å²) in [7, 11) is 0. The summed E-state index contributed by atoms with van der Waals surface area (Å²) in [6.45, 7) is 4.01. The van der Waals surface area contributed by atoms with Gasteiger partial charge in [0, 0.05) is 30.9 Å². The number of hydrogen-bond donors (Lipinski definition) is 2. The second-order valence-corrected chi connectivity index (χ2v) is 7.28. The fraction of sp³-hybridized carbons (Fsp3) is 0.364. The molecule has 0 aromatic heterocycles. The second-order valence-electron chi connectivity index (χ2n) is 7.28. The van der Waals surface area contributed by atoms with Gasteiger partial charge in [-0.2, -0.15) is 0 Å². The molecule has 1 aliphatic rings. The number of anilines is 1. The van der Waals surface area contributed by atoms with E-state index in [1.54, 1.807) is 0 Å². The van der Waals surface area contributed by atoms with Crippen molar-refractivity contribution < 1.29 is 14.0 Å². The zero-order valence-corrected chi connectivity index (χ0v) is 16.1. The predicted molar refractivity (Wildman–Crippen MR) is 108 cm³/mol. The monoisotopic (exact) mass is 383 g/mol. The number of amides is 3. The van der Waals surface area contributed by atoms with Crippen LogP contribution in [-0.2, 0) is 0 Å². The van der Waals surface area contributed by atoms with Gasteiger partial charge in [0.25, 0.3) is 5.91 Å². The molecule has 1 fully saturated rings. The molecule has 0 saturated carbocycles. The van der Waals surface area contributed by atoms with Crippen LogP contribution in [0.1, 0.15) is 35.2 Å². The molecule has 2 N–H and O–H groups in total. The number of nitrogens with zero attached hydrogens (tertiary/aromatic N) is 1. The van der Waals surface area contributed by atoms with Crippen molar-refractivity contribution in [2.24, 2.45) is 5.92 Å². The lowest BCUT2D eigenvalue weighted by molar-refractivity contribution is 0.0949. The first kappa shape index (κ1) is 19.9. The number of hydrogen-bond acceptors (Lipinski definition) is 2. The molecular formula is C22H26FN3O2. The van der Waals surface area contributed by atoms with Crippen molar-refractivity contribution >= 4 is 17.6 Å². The van der Waals surface area contributed by atoms with Gasteiger partial charge in [-0.15, -0.1) is 0 Å². The third kappa shape index (κ3) is 5.55. The normalized spacial score (nSPS) is 14.6. The van der Waals surface area contributed by atoms with E-state index in [9.17, 15) is 14.0 Å². The maximum absolute atomic E-state index is 12.9. The Balaban J connectivity index is 1.37. The average Bonchev–Trinajstić information content (AvgIpc) is 2.69. The lowest BCUT2D eigenvalue weighted by atomic mass is 9.93. The van der Waals surface area contributed by atoms with Crippen molar-refractivity contribution in [1.29, 1.82) is 0 Å². The molecule has 3 amide bonds. The van der Waals surface area contributed by atoms with E-state index < -0.39 is 0 Å². The van der Waals surface area contributed by atoms with E-state index in [1.165, 1.54) is 24.3 Å². The van der Waals surface area contributed by atoms with Crippen molar-refractivity contribution in [3.63, 3.8) is 0 Å². The van der Waals surface area contributed by atoms with Crippen LogP contribution < -0.4 is 10.6 Å². The standard InChI is InChI=1S/C22H26FN3O2/c1-16-3-2-4-20(15-16)25-22(28)26-13-10-17(11-14-26)9-12-24-21(27)18-5-7-19(23)8-6-18/h2-8,15,17H,9-14H2,1H3,(H,24,27)(H,25,28). The molecule has 1 aliphatic heterocycles. The number of likely N-dealkylation sites (tertiary alicyclic amines) is 1. The third-order valence-corrected chi connectivity index (χ3v) is 5.12. The van der Waals surface area contributed by atoms with E-state index in [1.807, 2.05) is 36.1 Å². The van der Waals surface area contributed by atoms with Gasteiger partial charge in [-0.1, -0.05) is 12.1 Å². The van der Waals surface area contributed by atoms with Crippen molar-refractivity contribution in [2.45, 2.75) is 26.2 Å². The molecule has 0 radical (unpaired) electrons. The van der Waals surface area contributed by atoms with Crippen LogP contribution >= 0.6 is 0 Å². The van der Waals surface area contributed by atoms with Crippen molar-refractivity contribution in [3.05, 3.63) is 65.5 Å². The summed E-state index contributed by atoms with van der Waals surface area (Å²) in [5.41, 5.74) is 2.39. The first-order chi connectivity index (χ1) is 13.5. The van der Waals surface area contributed by atoms with Gasteiger partial charge >= 0.3 is 6.03 Å². The zero-order valence-electron chi connectivity index (χ0n) is 16.1. The number of carbonyl (C=O) groups excluding carboxylic acids is 2. The lowest BCUT2D eigenvalue weighted by Gasteiger charge is -2.32. The molecular weight excluding hydrogens is 357 g/mol. The summed E-state index contributed by atoms with van der Waals surface area (Å²) in [6.07, 6.45) is 2.72. The number of urea groups is 1. The highest BCUT2D eigenvalue weighted by Crippen LogP contribution is 2.21. The van der Waals surface area contributed by atoms with Crippen LogP contribution in [0.4, 0.5) is 14.9 Å². The summed E-state index contributed by atoms with van der Waals surface area (Å²) in [6, 6.07) is 13.2. The number of nitrogens with one attached hydrogen (secondary N) is 2. The van der Waals surface area contributed by atoms with Crippen molar-refractivity contribution in [1.82, 2.24) is 10.2 Å². The average molecular weight is 383 g/mol. The zero-order chi connectivity index (χ0) is 19.9. The van der Waals surface area contributed by atoms with E-state index in [0.29, 0.717) is 31.1 Å². The molecule has 148 valence electrons. The van der Waals surface area contributed by atoms with Gasteiger partial charge in [-0.3, -0.25) is 4.79 Å². The Morgan fingerprint density at radius 2 is 1.82 bits per heavy atom. The summed E-state index contributed by atoms with van der Waals surface area (Å²) >= 11 is 0. The minimum Gasteiger partial charge on any atom is -0.352 e. The molecule has 0 bridgehead atoms. The highest BCUT2D eigenvalue weighted by atomic mass is 19.1. The number of halogens is 1. The van der Waals surface area contributed by atoms with Gasteiger partial charge < -0.3 is 15.5 Å². The number of aryl methyl sites for hydroxylation is 1. The Kier molecular flexibility index (Phi) is 6.63. The molecule has 1 saturated heterocycles. The van der Waals surface area contributed by atoms with E-state index in [-0.39, 0.29) is 17.8 Å². The highest BCUT2D eigenvalue weighted by Gasteiger charge is 2.22. The van der Waals surface area contributed by atoms with E-state index in [4.69, 9.17) is 0 Å². The summed E-state index contributed by atoms with van der Waals surface area (Å²) in [5.74, 6) is -0.0544. The summed E-state index contributed by atoms with van der Waals surface area (Å²) < 4.78 is 12.9. The lowest BCUT2D eigenvalue weighted by Crippen LogP contribution is -2.41. The topological polar surface area (TPSA) is 61.4 Å². The molecule has 2 aromatic carbocycles. The predicted octanol–water partition coefficient (Wildman–Crippen LogP) is 4.20. The highest BCUT2D eigenvalue weighted by molar-refractivity contribution is 5.94. The Hall–Kier alpha value is -2.89. The smallest absolute Gasteiger partial charge is 0.321 e. The number of rotatable bonds is 5. The maximum Gasteiger partial charge on any atom is 0.321 e. The van der Waals surface area contributed by atoms with Crippen LogP contribution in [-0.4, -0.2) is 36.5 Å². The van der Waals surface area contributed by atoms with Gasteiger partial charge in [-0.25, -0.2) is 9.18 Å². The fourth-order valence-corrected chi connectivity index (χ4v) is 3.44. The quantitative estimate of drug-likeness (QED) is 0.813. The van der Waals surface area contributed by atoms with Crippen LogP contribution in [0.25, 0.3) is 0 Å². The van der Waals surface area contributed by atoms with Crippen molar-refractivity contribution in [2.75, 3.05) is 25.0 Å². The molecule has 5 nitrogen and oxygen atoms in total. The minimum atomic E-state index is -0.352. The van der Waals surface area contributed by atoms with E-state index in [2.05, 4.69) is 10.6 Å². The van der Waals surface area contributed by atoms with Gasteiger partial charge in [0.05, 0.1) is 0 Å². The molecule has 0 atom stereocenters. The van der Waals surface area contributed by atoms with Gasteiger partial charge in [0.2, 0.25) is 0 Å². The van der Waals surface area contributed by atoms with E-state index >= 15 is 0 Å². The van der Waals surface area contributed by atoms with Crippen LogP contribution in [0.15, 0.2) is 48.5 Å². The molecule has 0 unspecified atom stereocenters. The minimum absolute atomic E-state index is 0.0614. The van der Waals surface area contributed by atoms with Gasteiger partial charge in [0.15, 0.2) is 0 Å². The first-order valence-electron chi connectivity index (χ1n) is 9.67. The Morgan fingerprint density at radius 3 is 2.50 bits per heavy atom. The molecule has 1 heterocycles. The molecule has 6 heteroatoms. The number of piperidine rings is 1. The third-order valence-electron chi connectivity index (χ3n) is 5.12. The molecule has 28 heavy (non-hydrogen) atoms. The Labute approximate surface area is 164 Å². The van der Waals surface area contributed by atoms with Crippen LogP contribution in [0.3, 0.4) is 0 Å². The summed E-state index contributed by atoms with van der Waals surface area (Å²) in [4.78, 5) is 26.3. The maximum atomic E-state index is 12.9. The number of carbonyl (C=O) groups is 2. The first-order valence-corrected chi connectivity index (χ1v) is 9.67. The second kappa shape index (κ2) is 9.35. The van der Waals surface area contributed by atoms with Gasteiger partial charge in [-0.05, 0) is 74.1 Å². The molecule has 2 aromatic rings. The molecule has 0 aliphatic carbocycles. The fourth-order valence-electron chi connectivity index (χ4n) is 3.44. The van der Waals surface area contributed by atoms with E-state index in [0.717, 1.165) is 30.5 Å². The van der Waals surface area contributed by atoms with Crippen molar-refractivity contribution in [3.8, 4) is 0 Å². The molecule has 3 rings (SSSR count). The van der Waals surface area contributed by atoms with Crippen LogP contribution in [0.5, 0.6) is 0 Å². The van der Waals surface area contributed by atoms with Crippen LogP contribution in [0, 0.1) is 18.7 Å².